The van der Waals surface area contributed by atoms with Gasteiger partial charge < -0.3 is 4.90 Å². The molecule has 4 heteroatoms. The second kappa shape index (κ2) is 5.17. The number of nitrogens with two attached hydrogens (primary N) is 1. The van der Waals surface area contributed by atoms with Crippen molar-refractivity contribution in [3.05, 3.63) is 35.9 Å². The highest BCUT2D eigenvalue weighted by molar-refractivity contribution is 5.91. The van der Waals surface area contributed by atoms with Crippen LogP contribution in [0, 0.1) is 0 Å². The van der Waals surface area contributed by atoms with E-state index in [-0.39, 0.29) is 5.91 Å². The Morgan fingerprint density at radius 3 is 2.40 bits per heavy atom. The summed E-state index contributed by atoms with van der Waals surface area (Å²) in [5, 5.41) is 0. The zero-order valence-corrected chi connectivity index (χ0v) is 8.90. The van der Waals surface area contributed by atoms with E-state index in [4.69, 9.17) is 5.84 Å². The van der Waals surface area contributed by atoms with E-state index in [0.717, 1.165) is 11.3 Å². The molecule has 0 spiro atoms. The molecule has 0 aliphatic carbocycles. The number of carbonyl (C=O) groups is 1. The van der Waals surface area contributed by atoms with Crippen LogP contribution in [0.25, 0.3) is 6.08 Å². The van der Waals surface area contributed by atoms with Crippen LogP contribution >= 0.6 is 0 Å². The molecule has 0 aromatic heterocycles. The molecule has 3 N–H and O–H groups in total. The minimum Gasteiger partial charge on any atom is -0.378 e. The van der Waals surface area contributed by atoms with E-state index in [2.05, 4.69) is 0 Å². The Kier molecular flexibility index (Phi) is 3.88. The van der Waals surface area contributed by atoms with E-state index in [0.29, 0.717) is 0 Å². The number of nitrogens with zero attached hydrogens (tertiary/aromatic N) is 1. The first-order valence-corrected chi connectivity index (χ1v) is 4.59. The van der Waals surface area contributed by atoms with Crippen LogP contribution in [0.4, 0.5) is 5.69 Å². The van der Waals surface area contributed by atoms with Crippen LogP contribution in [0.2, 0.25) is 0 Å². The number of amides is 1. The van der Waals surface area contributed by atoms with Crippen molar-refractivity contribution in [2.75, 3.05) is 19.0 Å². The minimum absolute atomic E-state index is 0.313. The number of hydrazine groups is 1. The standard InChI is InChI=1S/C11H15N3O/c1-14(2)10-6-3-9(4-7-10)5-8-11(15)13-12/h3-8H,12H2,1-2H3,(H,13,15)/b8-5+. The molecule has 0 radical (unpaired) electrons. The Morgan fingerprint density at radius 1 is 1.33 bits per heavy atom. The van der Waals surface area contributed by atoms with Crippen molar-refractivity contribution in [1.29, 1.82) is 0 Å². The van der Waals surface area contributed by atoms with E-state index in [1.807, 2.05) is 48.7 Å². The third-order valence-corrected chi connectivity index (χ3v) is 1.98. The molecule has 0 atom stereocenters. The Morgan fingerprint density at radius 2 is 1.93 bits per heavy atom. The van der Waals surface area contributed by atoms with Crippen LogP contribution in [0.3, 0.4) is 0 Å². The molecular formula is C11H15N3O. The smallest absolute Gasteiger partial charge is 0.257 e. The molecule has 80 valence electrons. The van der Waals surface area contributed by atoms with Gasteiger partial charge in [0.25, 0.3) is 5.91 Å². The van der Waals surface area contributed by atoms with Crippen molar-refractivity contribution in [3.63, 3.8) is 0 Å². The van der Waals surface area contributed by atoms with Crippen LogP contribution in [-0.4, -0.2) is 20.0 Å². The maximum Gasteiger partial charge on any atom is 0.257 e. The molecule has 0 aliphatic heterocycles. The first kappa shape index (κ1) is 11.3. The summed E-state index contributed by atoms with van der Waals surface area (Å²) in [7, 11) is 3.96. The van der Waals surface area contributed by atoms with Gasteiger partial charge in [-0.25, -0.2) is 5.84 Å². The fourth-order valence-electron chi connectivity index (χ4n) is 1.10. The second-order valence-electron chi connectivity index (χ2n) is 3.33. The van der Waals surface area contributed by atoms with Crippen molar-refractivity contribution in [2.24, 2.45) is 5.84 Å². The zero-order valence-electron chi connectivity index (χ0n) is 8.90. The van der Waals surface area contributed by atoms with Crippen molar-refractivity contribution < 1.29 is 4.79 Å². The number of anilines is 1. The summed E-state index contributed by atoms with van der Waals surface area (Å²) in [4.78, 5) is 12.8. The molecule has 0 fully saturated rings. The highest BCUT2D eigenvalue weighted by Crippen LogP contribution is 2.12. The number of benzene rings is 1. The Bertz CT molecular complexity index is 355. The van der Waals surface area contributed by atoms with Crippen molar-refractivity contribution in [1.82, 2.24) is 5.43 Å². The van der Waals surface area contributed by atoms with Gasteiger partial charge in [-0.3, -0.25) is 10.2 Å². The van der Waals surface area contributed by atoms with Crippen molar-refractivity contribution >= 4 is 17.7 Å². The predicted molar refractivity (Wildman–Crippen MR) is 62.1 cm³/mol. The molecule has 1 rings (SSSR count). The minimum atomic E-state index is -0.313. The Labute approximate surface area is 89.3 Å². The second-order valence-corrected chi connectivity index (χ2v) is 3.33. The average Bonchev–Trinajstić information content (AvgIpc) is 2.26. The molecule has 1 amide bonds. The predicted octanol–water partition coefficient (Wildman–Crippen LogP) is 0.756. The first-order chi connectivity index (χ1) is 7.13. The van der Waals surface area contributed by atoms with Crippen LogP contribution < -0.4 is 16.2 Å². The summed E-state index contributed by atoms with van der Waals surface area (Å²) in [5.41, 5.74) is 4.11. The molecule has 1 aromatic rings. The summed E-state index contributed by atoms with van der Waals surface area (Å²) in [5.74, 6) is 4.63. The highest BCUT2D eigenvalue weighted by atomic mass is 16.2. The lowest BCUT2D eigenvalue weighted by Crippen LogP contribution is -2.27. The van der Waals surface area contributed by atoms with Crippen LogP contribution in [0.15, 0.2) is 30.3 Å². The zero-order chi connectivity index (χ0) is 11.3. The molecule has 1 aromatic carbocycles. The molecule has 4 nitrogen and oxygen atoms in total. The van der Waals surface area contributed by atoms with Crippen molar-refractivity contribution in [2.45, 2.75) is 0 Å². The molecule has 0 unspecified atom stereocenters. The molecule has 0 aliphatic rings. The van der Waals surface area contributed by atoms with Gasteiger partial charge in [0.15, 0.2) is 0 Å². The summed E-state index contributed by atoms with van der Waals surface area (Å²) in [6.07, 6.45) is 3.10. The van der Waals surface area contributed by atoms with Gasteiger partial charge in [-0.2, -0.15) is 0 Å². The monoisotopic (exact) mass is 205 g/mol. The largest absolute Gasteiger partial charge is 0.378 e. The number of nitrogens with one attached hydrogen (secondary N) is 1. The molecule has 0 heterocycles. The molecule has 0 bridgehead atoms. The molecule has 0 saturated carbocycles. The molecule has 0 saturated heterocycles. The number of hydrogen-bond donors (Lipinski definition) is 2. The third kappa shape index (κ3) is 3.44. The van der Waals surface area contributed by atoms with Crippen LogP contribution in [0.5, 0.6) is 0 Å². The van der Waals surface area contributed by atoms with Gasteiger partial charge in [-0.05, 0) is 23.8 Å². The quantitative estimate of drug-likeness (QED) is 0.331. The molecular weight excluding hydrogens is 190 g/mol. The maximum absolute atomic E-state index is 10.8. The summed E-state index contributed by atoms with van der Waals surface area (Å²) in [6.45, 7) is 0. The summed E-state index contributed by atoms with van der Waals surface area (Å²) in [6, 6.07) is 7.85. The van der Waals surface area contributed by atoms with Crippen LogP contribution in [-0.2, 0) is 4.79 Å². The fraction of sp³-hybridized carbons (Fsp3) is 0.182. The Hall–Kier alpha value is -1.81. The van der Waals surface area contributed by atoms with Gasteiger partial charge >= 0.3 is 0 Å². The fourth-order valence-corrected chi connectivity index (χ4v) is 1.10. The SMILES string of the molecule is CN(C)c1ccc(/C=C/C(=O)NN)cc1. The summed E-state index contributed by atoms with van der Waals surface area (Å²) >= 11 is 0. The van der Waals surface area contributed by atoms with E-state index in [9.17, 15) is 4.79 Å². The van der Waals surface area contributed by atoms with Gasteiger partial charge in [0, 0.05) is 25.9 Å². The van der Waals surface area contributed by atoms with E-state index >= 15 is 0 Å². The lowest BCUT2D eigenvalue weighted by molar-refractivity contribution is -0.116. The van der Waals surface area contributed by atoms with Gasteiger partial charge in [0.2, 0.25) is 0 Å². The Balaban J connectivity index is 2.72. The normalized spacial score (nSPS) is 10.3. The third-order valence-electron chi connectivity index (χ3n) is 1.98. The summed E-state index contributed by atoms with van der Waals surface area (Å²) < 4.78 is 0. The number of rotatable bonds is 3. The van der Waals surface area contributed by atoms with Gasteiger partial charge in [0.1, 0.15) is 0 Å². The van der Waals surface area contributed by atoms with E-state index in [1.165, 1.54) is 6.08 Å². The van der Waals surface area contributed by atoms with E-state index in [1.54, 1.807) is 6.08 Å². The highest BCUT2D eigenvalue weighted by Gasteiger charge is 1.94. The van der Waals surface area contributed by atoms with Gasteiger partial charge in [0.05, 0.1) is 0 Å². The maximum atomic E-state index is 10.8. The number of carbonyl (C=O) groups excluding carboxylic acids is 1. The van der Waals surface area contributed by atoms with Gasteiger partial charge in [-0.15, -0.1) is 0 Å². The first-order valence-electron chi connectivity index (χ1n) is 4.59. The van der Waals surface area contributed by atoms with Crippen LogP contribution in [0.1, 0.15) is 5.56 Å². The molecule has 15 heavy (non-hydrogen) atoms. The lowest BCUT2D eigenvalue weighted by atomic mass is 10.2. The lowest BCUT2D eigenvalue weighted by Gasteiger charge is -2.11. The van der Waals surface area contributed by atoms with E-state index < -0.39 is 0 Å². The van der Waals surface area contributed by atoms with Crippen molar-refractivity contribution in [3.8, 4) is 0 Å². The topological polar surface area (TPSA) is 58.4 Å². The number of hydrogen-bond acceptors (Lipinski definition) is 3. The average molecular weight is 205 g/mol. The van der Waals surface area contributed by atoms with Gasteiger partial charge in [-0.1, -0.05) is 12.1 Å².